The zero-order valence-corrected chi connectivity index (χ0v) is 14.6. The first kappa shape index (κ1) is 16.6. The number of nitrogens with zero attached hydrogens (tertiary/aromatic N) is 4. The summed E-state index contributed by atoms with van der Waals surface area (Å²) in [6.45, 7) is 0. The third-order valence-electron chi connectivity index (χ3n) is 4.04. The van der Waals surface area contributed by atoms with Crippen LogP contribution in [0.3, 0.4) is 0 Å². The van der Waals surface area contributed by atoms with E-state index in [0.717, 1.165) is 17.0 Å². The van der Waals surface area contributed by atoms with Crippen LogP contribution < -0.4 is 14.4 Å². The molecule has 0 amide bonds. The van der Waals surface area contributed by atoms with Crippen molar-refractivity contribution in [2.24, 2.45) is 7.05 Å². The molecule has 2 aromatic carbocycles. The predicted octanol–water partition coefficient (Wildman–Crippen LogP) is 2.97. The molecule has 1 N–H and O–H groups in total. The number of ether oxygens (including phenoxy) is 2. The molecule has 3 rings (SSSR count). The fraction of sp³-hybridized carbons (Fsp3) is 0.222. The molecule has 0 aliphatic carbocycles. The summed E-state index contributed by atoms with van der Waals surface area (Å²) in [6, 6.07) is 12.6. The van der Waals surface area contributed by atoms with Gasteiger partial charge >= 0.3 is 0 Å². The fourth-order valence-corrected chi connectivity index (χ4v) is 2.63. The van der Waals surface area contributed by atoms with Gasteiger partial charge in [0, 0.05) is 25.8 Å². The highest BCUT2D eigenvalue weighted by atomic mass is 16.5. The van der Waals surface area contributed by atoms with E-state index in [9.17, 15) is 5.11 Å². The molecular formula is C18H20N4O3. The zero-order chi connectivity index (χ0) is 18.0. The molecule has 7 heteroatoms. The number of rotatable bonds is 5. The topological polar surface area (TPSA) is 72.6 Å². The molecule has 130 valence electrons. The largest absolute Gasteiger partial charge is 0.508 e. The van der Waals surface area contributed by atoms with Crippen molar-refractivity contribution in [3.05, 3.63) is 42.5 Å². The molecule has 25 heavy (non-hydrogen) atoms. The number of hydrogen-bond acceptors (Lipinski definition) is 6. The van der Waals surface area contributed by atoms with Gasteiger partial charge in [0.05, 0.1) is 19.8 Å². The molecule has 0 aliphatic heterocycles. The van der Waals surface area contributed by atoms with Crippen LogP contribution in [0, 0.1) is 0 Å². The number of aromatic hydroxyl groups is 1. The molecule has 0 unspecified atom stereocenters. The van der Waals surface area contributed by atoms with Gasteiger partial charge in [0.25, 0.3) is 0 Å². The molecule has 0 aliphatic rings. The van der Waals surface area contributed by atoms with Gasteiger partial charge in [-0.25, -0.2) is 0 Å². The molecule has 1 heterocycles. The smallest absolute Gasteiger partial charge is 0.231 e. The van der Waals surface area contributed by atoms with Crippen molar-refractivity contribution in [2.45, 2.75) is 0 Å². The quantitative estimate of drug-likeness (QED) is 0.770. The van der Waals surface area contributed by atoms with Gasteiger partial charge in [-0.2, -0.15) is 0 Å². The summed E-state index contributed by atoms with van der Waals surface area (Å²) in [4.78, 5) is 1.93. The highest BCUT2D eigenvalue weighted by Crippen LogP contribution is 2.33. The fourth-order valence-electron chi connectivity index (χ4n) is 2.63. The molecule has 0 bridgehead atoms. The monoisotopic (exact) mass is 340 g/mol. The van der Waals surface area contributed by atoms with E-state index in [-0.39, 0.29) is 5.75 Å². The van der Waals surface area contributed by atoms with Crippen molar-refractivity contribution in [3.63, 3.8) is 0 Å². The minimum atomic E-state index is 0.137. The SMILES string of the molecule is COc1ccc(N(C)c2nnc(-c3ccc(O)cc3OC)n2C)cc1. The highest BCUT2D eigenvalue weighted by Gasteiger charge is 2.18. The van der Waals surface area contributed by atoms with E-state index in [1.165, 1.54) is 0 Å². The number of anilines is 2. The van der Waals surface area contributed by atoms with Gasteiger partial charge in [0.15, 0.2) is 5.82 Å². The Morgan fingerprint density at radius 1 is 1.00 bits per heavy atom. The first-order chi connectivity index (χ1) is 12.0. The van der Waals surface area contributed by atoms with Crippen LogP contribution in [-0.4, -0.2) is 41.1 Å². The number of aromatic nitrogens is 3. The van der Waals surface area contributed by atoms with Crippen LogP contribution in [0.2, 0.25) is 0 Å². The van der Waals surface area contributed by atoms with E-state index in [1.807, 2.05) is 47.8 Å². The van der Waals surface area contributed by atoms with Gasteiger partial charge in [-0.3, -0.25) is 4.57 Å². The Morgan fingerprint density at radius 2 is 1.72 bits per heavy atom. The van der Waals surface area contributed by atoms with Crippen molar-refractivity contribution in [1.29, 1.82) is 0 Å². The summed E-state index contributed by atoms with van der Waals surface area (Å²) >= 11 is 0. The van der Waals surface area contributed by atoms with Gasteiger partial charge in [-0.15, -0.1) is 10.2 Å². The second-order valence-corrected chi connectivity index (χ2v) is 5.52. The third-order valence-corrected chi connectivity index (χ3v) is 4.04. The second-order valence-electron chi connectivity index (χ2n) is 5.52. The van der Waals surface area contributed by atoms with Crippen molar-refractivity contribution in [3.8, 4) is 28.6 Å². The first-order valence-corrected chi connectivity index (χ1v) is 7.69. The van der Waals surface area contributed by atoms with E-state index in [4.69, 9.17) is 9.47 Å². The van der Waals surface area contributed by atoms with Crippen LogP contribution in [0.15, 0.2) is 42.5 Å². The standard InChI is InChI=1S/C18H20N4O3/c1-21(12-5-8-14(24-3)9-6-12)18-20-19-17(22(18)2)15-10-7-13(23)11-16(15)25-4/h5-11,23H,1-4H3. The number of benzene rings is 2. The lowest BCUT2D eigenvalue weighted by atomic mass is 10.2. The molecule has 0 atom stereocenters. The van der Waals surface area contributed by atoms with Crippen LogP contribution in [0.5, 0.6) is 17.2 Å². The molecule has 0 fully saturated rings. The van der Waals surface area contributed by atoms with E-state index >= 15 is 0 Å². The maximum Gasteiger partial charge on any atom is 0.231 e. The van der Waals surface area contributed by atoms with Crippen molar-refractivity contribution < 1.29 is 14.6 Å². The molecule has 3 aromatic rings. The average molecular weight is 340 g/mol. The number of methoxy groups -OCH3 is 2. The minimum Gasteiger partial charge on any atom is -0.508 e. The summed E-state index contributed by atoms with van der Waals surface area (Å²) in [7, 11) is 7.00. The lowest BCUT2D eigenvalue weighted by Gasteiger charge is -2.18. The maximum atomic E-state index is 9.63. The van der Waals surface area contributed by atoms with Gasteiger partial charge in [-0.1, -0.05) is 0 Å². The van der Waals surface area contributed by atoms with E-state index < -0.39 is 0 Å². The Bertz CT molecular complexity index is 875. The Morgan fingerprint density at radius 3 is 2.36 bits per heavy atom. The summed E-state index contributed by atoms with van der Waals surface area (Å²) in [6.07, 6.45) is 0. The van der Waals surface area contributed by atoms with E-state index in [2.05, 4.69) is 10.2 Å². The zero-order valence-electron chi connectivity index (χ0n) is 14.6. The van der Waals surface area contributed by atoms with Crippen molar-refractivity contribution in [2.75, 3.05) is 26.2 Å². The minimum absolute atomic E-state index is 0.137. The Labute approximate surface area is 146 Å². The van der Waals surface area contributed by atoms with E-state index in [0.29, 0.717) is 17.5 Å². The normalized spacial score (nSPS) is 10.6. The predicted molar refractivity (Wildman–Crippen MR) is 95.7 cm³/mol. The molecule has 1 aromatic heterocycles. The van der Waals surface area contributed by atoms with Gasteiger partial charge in [-0.05, 0) is 36.4 Å². The summed E-state index contributed by atoms with van der Waals surface area (Å²) < 4.78 is 12.4. The molecule has 7 nitrogen and oxygen atoms in total. The molecule has 0 saturated heterocycles. The van der Waals surface area contributed by atoms with Crippen LogP contribution in [-0.2, 0) is 7.05 Å². The van der Waals surface area contributed by atoms with Crippen LogP contribution in [0.1, 0.15) is 0 Å². The summed E-state index contributed by atoms with van der Waals surface area (Å²) in [5.41, 5.74) is 1.71. The van der Waals surface area contributed by atoms with Crippen molar-refractivity contribution in [1.82, 2.24) is 14.8 Å². The van der Waals surface area contributed by atoms with Crippen LogP contribution in [0.25, 0.3) is 11.4 Å². The summed E-state index contributed by atoms with van der Waals surface area (Å²) in [5.74, 6) is 2.79. The molecule has 0 spiro atoms. The average Bonchev–Trinajstić information content (AvgIpc) is 3.02. The second kappa shape index (κ2) is 6.72. The third kappa shape index (κ3) is 3.08. The van der Waals surface area contributed by atoms with Gasteiger partial charge in [0.2, 0.25) is 5.95 Å². The lowest BCUT2D eigenvalue weighted by molar-refractivity contribution is 0.409. The van der Waals surface area contributed by atoms with E-state index in [1.54, 1.807) is 32.4 Å². The van der Waals surface area contributed by atoms with Gasteiger partial charge in [0.1, 0.15) is 17.2 Å². The Balaban J connectivity index is 1.98. The molecule has 0 saturated carbocycles. The molecular weight excluding hydrogens is 320 g/mol. The number of phenols is 1. The maximum absolute atomic E-state index is 9.63. The first-order valence-electron chi connectivity index (χ1n) is 7.69. The van der Waals surface area contributed by atoms with Crippen molar-refractivity contribution >= 4 is 11.6 Å². The number of phenolic OH excluding ortho intramolecular Hbond substituents is 1. The van der Waals surface area contributed by atoms with Crippen LogP contribution >= 0.6 is 0 Å². The van der Waals surface area contributed by atoms with Crippen LogP contribution in [0.4, 0.5) is 11.6 Å². The lowest BCUT2D eigenvalue weighted by Crippen LogP contribution is -2.14. The molecule has 0 radical (unpaired) electrons. The Hall–Kier alpha value is -3.22. The van der Waals surface area contributed by atoms with Gasteiger partial charge < -0.3 is 19.5 Å². The highest BCUT2D eigenvalue weighted by molar-refractivity contribution is 5.68. The number of hydrogen-bond donors (Lipinski definition) is 1. The summed E-state index contributed by atoms with van der Waals surface area (Å²) in [5, 5.41) is 18.2. The Kier molecular flexibility index (Phi) is 4.47.